The van der Waals surface area contributed by atoms with Crippen LogP contribution in [0.4, 0.5) is 0 Å². The summed E-state index contributed by atoms with van der Waals surface area (Å²) in [4.78, 5) is 4.54. The van der Waals surface area contributed by atoms with Gasteiger partial charge in [0, 0.05) is 18.3 Å². The Hall–Kier alpha value is -0.930. The van der Waals surface area contributed by atoms with E-state index in [1.54, 1.807) is 11.3 Å². The standard InChI is InChI=1S/C16H22N2S/c1-11(13-5-3-4-6-13)18-12(2)14-9-16-15(17-10-14)7-8-19-16/h7-13,18H,3-6H2,1-2H3. The van der Waals surface area contributed by atoms with E-state index in [1.807, 2.05) is 6.20 Å². The van der Waals surface area contributed by atoms with Crippen molar-refractivity contribution >= 4 is 21.6 Å². The Bertz CT molecular complexity index is 542. The minimum atomic E-state index is 0.384. The predicted octanol–water partition coefficient (Wildman–Crippen LogP) is 4.53. The highest BCUT2D eigenvalue weighted by Crippen LogP contribution is 2.29. The Labute approximate surface area is 119 Å². The fraction of sp³-hybridized carbons (Fsp3) is 0.562. The third-order valence-electron chi connectivity index (χ3n) is 4.44. The summed E-state index contributed by atoms with van der Waals surface area (Å²) in [7, 11) is 0. The highest BCUT2D eigenvalue weighted by atomic mass is 32.1. The minimum Gasteiger partial charge on any atom is -0.307 e. The smallest absolute Gasteiger partial charge is 0.0809 e. The molecule has 3 heteroatoms. The number of nitrogens with zero attached hydrogens (tertiary/aromatic N) is 1. The summed E-state index contributed by atoms with van der Waals surface area (Å²) < 4.78 is 1.29. The van der Waals surface area contributed by atoms with Crippen molar-refractivity contribution in [3.63, 3.8) is 0 Å². The summed E-state index contributed by atoms with van der Waals surface area (Å²) in [6.07, 6.45) is 7.63. The maximum absolute atomic E-state index is 4.54. The number of hydrogen-bond acceptors (Lipinski definition) is 3. The maximum atomic E-state index is 4.54. The van der Waals surface area contributed by atoms with E-state index in [-0.39, 0.29) is 0 Å². The van der Waals surface area contributed by atoms with Gasteiger partial charge in [-0.3, -0.25) is 4.98 Å². The molecule has 2 nitrogen and oxygen atoms in total. The molecule has 2 unspecified atom stereocenters. The van der Waals surface area contributed by atoms with E-state index < -0.39 is 0 Å². The zero-order valence-corrected chi connectivity index (χ0v) is 12.5. The molecular weight excluding hydrogens is 252 g/mol. The van der Waals surface area contributed by atoms with Crippen LogP contribution in [0.3, 0.4) is 0 Å². The molecule has 0 amide bonds. The van der Waals surface area contributed by atoms with Crippen molar-refractivity contribution in [2.75, 3.05) is 0 Å². The summed E-state index contributed by atoms with van der Waals surface area (Å²) in [5, 5.41) is 5.87. The van der Waals surface area contributed by atoms with E-state index in [1.165, 1.54) is 35.9 Å². The topological polar surface area (TPSA) is 24.9 Å². The van der Waals surface area contributed by atoms with Gasteiger partial charge in [-0.15, -0.1) is 11.3 Å². The van der Waals surface area contributed by atoms with Crippen LogP contribution in [0.5, 0.6) is 0 Å². The molecule has 1 fully saturated rings. The summed E-state index contributed by atoms with van der Waals surface area (Å²) in [6, 6.07) is 5.36. The molecule has 1 aliphatic rings. The molecule has 1 saturated carbocycles. The van der Waals surface area contributed by atoms with Crippen LogP contribution in [0.1, 0.15) is 51.1 Å². The van der Waals surface area contributed by atoms with Gasteiger partial charge in [-0.05, 0) is 55.7 Å². The van der Waals surface area contributed by atoms with Crippen molar-refractivity contribution in [1.29, 1.82) is 0 Å². The van der Waals surface area contributed by atoms with Gasteiger partial charge in [0.1, 0.15) is 0 Å². The van der Waals surface area contributed by atoms with Crippen LogP contribution in [0, 0.1) is 5.92 Å². The van der Waals surface area contributed by atoms with Gasteiger partial charge < -0.3 is 5.32 Å². The first-order chi connectivity index (χ1) is 9.24. The molecular formula is C16H22N2S. The summed E-state index contributed by atoms with van der Waals surface area (Å²) >= 11 is 1.77. The number of pyridine rings is 1. The zero-order valence-electron chi connectivity index (χ0n) is 11.7. The Morgan fingerprint density at radius 1 is 1.32 bits per heavy atom. The Morgan fingerprint density at radius 2 is 2.11 bits per heavy atom. The molecule has 0 saturated heterocycles. The van der Waals surface area contributed by atoms with Crippen LogP contribution in [0.25, 0.3) is 10.2 Å². The first-order valence-electron chi connectivity index (χ1n) is 7.33. The minimum absolute atomic E-state index is 0.384. The monoisotopic (exact) mass is 274 g/mol. The predicted molar refractivity (Wildman–Crippen MR) is 82.6 cm³/mol. The molecule has 2 aromatic rings. The third kappa shape index (κ3) is 2.82. The van der Waals surface area contributed by atoms with Crippen molar-refractivity contribution in [3.8, 4) is 0 Å². The number of thiophene rings is 1. The highest BCUT2D eigenvalue weighted by molar-refractivity contribution is 7.17. The van der Waals surface area contributed by atoms with Crippen molar-refractivity contribution in [2.45, 2.75) is 51.6 Å². The van der Waals surface area contributed by atoms with Crippen LogP contribution in [0.15, 0.2) is 23.7 Å². The van der Waals surface area contributed by atoms with Gasteiger partial charge in [-0.1, -0.05) is 12.8 Å². The average molecular weight is 274 g/mol. The summed E-state index contributed by atoms with van der Waals surface area (Å²) in [6.45, 7) is 4.59. The van der Waals surface area contributed by atoms with Gasteiger partial charge in [0.2, 0.25) is 0 Å². The molecule has 1 N–H and O–H groups in total. The second kappa shape index (κ2) is 5.59. The van der Waals surface area contributed by atoms with Crippen molar-refractivity contribution in [2.24, 2.45) is 5.92 Å². The molecule has 3 rings (SSSR count). The van der Waals surface area contributed by atoms with Crippen LogP contribution >= 0.6 is 11.3 Å². The SMILES string of the molecule is CC(NC(C)C1CCCC1)c1cnc2ccsc2c1. The van der Waals surface area contributed by atoms with Crippen LogP contribution < -0.4 is 5.32 Å². The van der Waals surface area contributed by atoms with E-state index in [9.17, 15) is 0 Å². The highest BCUT2D eigenvalue weighted by Gasteiger charge is 2.22. The number of hydrogen-bond donors (Lipinski definition) is 1. The number of aromatic nitrogens is 1. The van der Waals surface area contributed by atoms with Gasteiger partial charge in [0.05, 0.1) is 10.2 Å². The van der Waals surface area contributed by atoms with Crippen molar-refractivity contribution < 1.29 is 0 Å². The van der Waals surface area contributed by atoms with E-state index >= 15 is 0 Å². The number of nitrogens with one attached hydrogen (secondary N) is 1. The molecule has 0 aromatic carbocycles. The van der Waals surface area contributed by atoms with Gasteiger partial charge in [0.15, 0.2) is 0 Å². The lowest BCUT2D eigenvalue weighted by Crippen LogP contribution is -2.34. The quantitative estimate of drug-likeness (QED) is 0.886. The molecule has 2 atom stereocenters. The van der Waals surface area contributed by atoms with Gasteiger partial charge >= 0.3 is 0 Å². The Kier molecular flexibility index (Phi) is 3.85. The molecule has 2 heterocycles. The maximum Gasteiger partial charge on any atom is 0.0809 e. The molecule has 2 aromatic heterocycles. The van der Waals surface area contributed by atoms with E-state index in [0.717, 1.165) is 11.4 Å². The molecule has 19 heavy (non-hydrogen) atoms. The Balaban J connectivity index is 1.69. The number of fused-ring (bicyclic) bond motifs is 1. The number of rotatable bonds is 4. The van der Waals surface area contributed by atoms with Crippen LogP contribution in [-0.2, 0) is 0 Å². The molecule has 1 aliphatic carbocycles. The van der Waals surface area contributed by atoms with Crippen LogP contribution in [-0.4, -0.2) is 11.0 Å². The normalized spacial score (nSPS) is 19.9. The van der Waals surface area contributed by atoms with Crippen molar-refractivity contribution in [1.82, 2.24) is 10.3 Å². The lowest BCUT2D eigenvalue weighted by molar-refractivity contribution is 0.352. The van der Waals surface area contributed by atoms with Gasteiger partial charge in [0.25, 0.3) is 0 Å². The largest absolute Gasteiger partial charge is 0.307 e. The summed E-state index contributed by atoms with van der Waals surface area (Å²) in [5.74, 6) is 0.862. The average Bonchev–Trinajstić information content (AvgIpc) is 3.09. The van der Waals surface area contributed by atoms with Crippen molar-refractivity contribution in [3.05, 3.63) is 29.3 Å². The zero-order chi connectivity index (χ0) is 13.2. The molecule has 102 valence electrons. The van der Waals surface area contributed by atoms with E-state index in [2.05, 4.69) is 41.7 Å². The second-order valence-electron chi connectivity index (χ2n) is 5.79. The molecule has 0 spiro atoms. The first-order valence-corrected chi connectivity index (χ1v) is 8.21. The van der Waals surface area contributed by atoms with E-state index in [0.29, 0.717) is 12.1 Å². The second-order valence-corrected chi connectivity index (χ2v) is 6.74. The molecule has 0 bridgehead atoms. The molecule has 0 radical (unpaired) electrons. The lowest BCUT2D eigenvalue weighted by Gasteiger charge is -2.25. The van der Waals surface area contributed by atoms with Crippen LogP contribution in [0.2, 0.25) is 0 Å². The lowest BCUT2D eigenvalue weighted by atomic mass is 9.98. The third-order valence-corrected chi connectivity index (χ3v) is 5.30. The molecule has 0 aliphatic heterocycles. The first kappa shape index (κ1) is 13.1. The fourth-order valence-corrected chi connectivity index (χ4v) is 3.97. The summed E-state index contributed by atoms with van der Waals surface area (Å²) in [5.41, 5.74) is 2.42. The van der Waals surface area contributed by atoms with Gasteiger partial charge in [-0.2, -0.15) is 0 Å². The van der Waals surface area contributed by atoms with E-state index in [4.69, 9.17) is 0 Å². The Morgan fingerprint density at radius 3 is 2.89 bits per heavy atom. The fourth-order valence-electron chi connectivity index (χ4n) is 3.18. The van der Waals surface area contributed by atoms with Gasteiger partial charge in [-0.25, -0.2) is 0 Å².